The number of carbonyl (C=O) groups excluding carboxylic acids is 2. The van der Waals surface area contributed by atoms with E-state index in [0.29, 0.717) is 36.8 Å². The number of thioether (sulfide) groups is 1. The van der Waals surface area contributed by atoms with Crippen LogP contribution in [-0.2, 0) is 9.53 Å². The van der Waals surface area contributed by atoms with Gasteiger partial charge in [-0.1, -0.05) is 25.1 Å². The van der Waals surface area contributed by atoms with Crippen LogP contribution in [-0.4, -0.2) is 44.4 Å². The molecular weight excluding hydrogens is 388 g/mol. The molecule has 2 amide bonds. The Balaban J connectivity index is 2.07. The lowest BCUT2D eigenvalue weighted by Gasteiger charge is -2.14. The SMILES string of the molecule is CCCOc1cc(C)ccc1NC(=O)c1ccccc1SCC(=O)NCCOC. The van der Waals surface area contributed by atoms with E-state index in [1.54, 1.807) is 19.2 Å². The van der Waals surface area contributed by atoms with Gasteiger partial charge in [-0.15, -0.1) is 11.8 Å². The standard InChI is InChI=1S/C22H28N2O4S/c1-4-12-28-19-14-16(2)9-10-18(19)24-22(26)17-7-5-6-8-20(17)29-15-21(25)23-11-13-27-3/h5-10,14H,4,11-13,15H2,1-3H3,(H,23,25)(H,24,26). The van der Waals surface area contributed by atoms with E-state index in [-0.39, 0.29) is 17.6 Å². The van der Waals surface area contributed by atoms with Crippen molar-refractivity contribution in [3.63, 3.8) is 0 Å². The van der Waals surface area contributed by atoms with Gasteiger partial charge in [0.2, 0.25) is 5.91 Å². The predicted molar refractivity (Wildman–Crippen MR) is 117 cm³/mol. The summed E-state index contributed by atoms with van der Waals surface area (Å²) < 4.78 is 10.7. The van der Waals surface area contributed by atoms with Crippen molar-refractivity contribution < 1.29 is 19.1 Å². The first-order chi connectivity index (χ1) is 14.0. The van der Waals surface area contributed by atoms with Crippen LogP contribution in [0.3, 0.4) is 0 Å². The number of rotatable bonds is 11. The van der Waals surface area contributed by atoms with Gasteiger partial charge in [-0.2, -0.15) is 0 Å². The lowest BCUT2D eigenvalue weighted by atomic mass is 10.1. The van der Waals surface area contributed by atoms with Crippen molar-refractivity contribution in [3.05, 3.63) is 53.6 Å². The second-order valence-corrected chi connectivity index (χ2v) is 7.45. The number of amides is 2. The third-order valence-electron chi connectivity index (χ3n) is 3.97. The van der Waals surface area contributed by atoms with Crippen LogP contribution in [0.15, 0.2) is 47.4 Å². The Hall–Kier alpha value is -2.51. The molecular formula is C22H28N2O4S. The molecule has 156 valence electrons. The Morgan fingerprint density at radius 2 is 1.90 bits per heavy atom. The Bertz CT molecular complexity index is 826. The minimum atomic E-state index is -0.238. The van der Waals surface area contributed by atoms with Crippen LogP contribution >= 0.6 is 11.8 Å². The van der Waals surface area contributed by atoms with Gasteiger partial charge < -0.3 is 20.1 Å². The van der Waals surface area contributed by atoms with E-state index in [1.807, 2.05) is 44.2 Å². The topological polar surface area (TPSA) is 76.7 Å². The first-order valence-electron chi connectivity index (χ1n) is 9.57. The molecule has 0 aromatic heterocycles. The van der Waals surface area contributed by atoms with Crippen molar-refractivity contribution in [1.29, 1.82) is 0 Å². The van der Waals surface area contributed by atoms with Crippen molar-refractivity contribution in [2.75, 3.05) is 37.9 Å². The van der Waals surface area contributed by atoms with E-state index < -0.39 is 0 Å². The molecule has 2 aromatic rings. The van der Waals surface area contributed by atoms with Crippen LogP contribution in [0.4, 0.5) is 5.69 Å². The van der Waals surface area contributed by atoms with Crippen molar-refractivity contribution >= 4 is 29.3 Å². The largest absolute Gasteiger partial charge is 0.491 e. The minimum Gasteiger partial charge on any atom is -0.491 e. The molecule has 0 saturated carbocycles. The highest BCUT2D eigenvalue weighted by molar-refractivity contribution is 8.00. The molecule has 0 radical (unpaired) electrons. The number of anilines is 1. The van der Waals surface area contributed by atoms with E-state index in [9.17, 15) is 9.59 Å². The molecule has 2 aromatic carbocycles. The molecule has 0 atom stereocenters. The number of hydrogen-bond donors (Lipinski definition) is 2. The Labute approximate surface area is 176 Å². The lowest BCUT2D eigenvalue weighted by molar-refractivity contribution is -0.118. The number of benzene rings is 2. The van der Waals surface area contributed by atoms with E-state index in [2.05, 4.69) is 10.6 Å². The maximum Gasteiger partial charge on any atom is 0.256 e. The van der Waals surface area contributed by atoms with Gasteiger partial charge >= 0.3 is 0 Å². The van der Waals surface area contributed by atoms with Gasteiger partial charge in [0.05, 0.1) is 30.2 Å². The van der Waals surface area contributed by atoms with Crippen LogP contribution in [0.25, 0.3) is 0 Å². The molecule has 0 fully saturated rings. The van der Waals surface area contributed by atoms with Crippen LogP contribution in [0.5, 0.6) is 5.75 Å². The fourth-order valence-electron chi connectivity index (χ4n) is 2.52. The maximum absolute atomic E-state index is 12.9. The summed E-state index contributed by atoms with van der Waals surface area (Å²) in [6.45, 7) is 5.53. The zero-order chi connectivity index (χ0) is 21.1. The van der Waals surface area contributed by atoms with Crippen LogP contribution in [0, 0.1) is 6.92 Å². The summed E-state index contributed by atoms with van der Waals surface area (Å²) in [4.78, 5) is 25.6. The zero-order valence-electron chi connectivity index (χ0n) is 17.1. The highest BCUT2D eigenvalue weighted by atomic mass is 32.2. The number of aryl methyl sites for hydroxylation is 1. The maximum atomic E-state index is 12.9. The molecule has 0 aliphatic rings. The summed E-state index contributed by atoms with van der Waals surface area (Å²) in [5, 5.41) is 5.71. The molecule has 0 spiro atoms. The summed E-state index contributed by atoms with van der Waals surface area (Å²) in [6, 6.07) is 12.9. The lowest BCUT2D eigenvalue weighted by Crippen LogP contribution is -2.28. The molecule has 0 unspecified atom stereocenters. The molecule has 29 heavy (non-hydrogen) atoms. The molecule has 0 heterocycles. The fourth-order valence-corrected chi connectivity index (χ4v) is 3.40. The fraction of sp³-hybridized carbons (Fsp3) is 0.364. The minimum absolute atomic E-state index is 0.101. The summed E-state index contributed by atoms with van der Waals surface area (Å²) in [6.07, 6.45) is 0.882. The molecule has 2 rings (SSSR count). The molecule has 0 aliphatic carbocycles. The quantitative estimate of drug-likeness (QED) is 0.429. The summed E-state index contributed by atoms with van der Waals surface area (Å²) in [7, 11) is 1.59. The van der Waals surface area contributed by atoms with E-state index >= 15 is 0 Å². The first kappa shape index (κ1) is 22.8. The monoisotopic (exact) mass is 416 g/mol. The second kappa shape index (κ2) is 12.1. The molecule has 0 bridgehead atoms. The van der Waals surface area contributed by atoms with Gasteiger partial charge in [0, 0.05) is 18.6 Å². The molecule has 2 N–H and O–H groups in total. The van der Waals surface area contributed by atoms with E-state index in [1.165, 1.54) is 11.8 Å². The number of methoxy groups -OCH3 is 1. The highest BCUT2D eigenvalue weighted by Crippen LogP contribution is 2.28. The normalized spacial score (nSPS) is 10.4. The van der Waals surface area contributed by atoms with Gasteiger partial charge in [0.1, 0.15) is 5.75 Å². The van der Waals surface area contributed by atoms with Gasteiger partial charge in [0.15, 0.2) is 0 Å². The predicted octanol–water partition coefficient (Wildman–Crippen LogP) is 3.89. The van der Waals surface area contributed by atoms with Crippen molar-refractivity contribution in [1.82, 2.24) is 5.32 Å². The van der Waals surface area contributed by atoms with Crippen LogP contribution < -0.4 is 15.4 Å². The van der Waals surface area contributed by atoms with Gasteiger partial charge in [0.25, 0.3) is 5.91 Å². The summed E-state index contributed by atoms with van der Waals surface area (Å²) in [5.74, 6) is 0.542. The summed E-state index contributed by atoms with van der Waals surface area (Å²) >= 11 is 1.33. The number of nitrogens with one attached hydrogen (secondary N) is 2. The average molecular weight is 417 g/mol. The van der Waals surface area contributed by atoms with Crippen LogP contribution in [0.1, 0.15) is 29.3 Å². The number of ether oxygens (including phenoxy) is 2. The van der Waals surface area contributed by atoms with E-state index in [0.717, 1.165) is 16.9 Å². The Morgan fingerprint density at radius 3 is 2.66 bits per heavy atom. The van der Waals surface area contributed by atoms with Gasteiger partial charge in [-0.25, -0.2) is 0 Å². The number of hydrogen-bond acceptors (Lipinski definition) is 5. The third kappa shape index (κ3) is 7.44. The highest BCUT2D eigenvalue weighted by Gasteiger charge is 2.15. The van der Waals surface area contributed by atoms with Crippen LogP contribution in [0.2, 0.25) is 0 Å². The smallest absolute Gasteiger partial charge is 0.256 e. The van der Waals surface area contributed by atoms with Gasteiger partial charge in [-0.3, -0.25) is 9.59 Å². The van der Waals surface area contributed by atoms with Gasteiger partial charge in [-0.05, 0) is 43.2 Å². The molecule has 0 saturated heterocycles. The average Bonchev–Trinajstić information content (AvgIpc) is 2.72. The Morgan fingerprint density at radius 1 is 1.10 bits per heavy atom. The van der Waals surface area contributed by atoms with Crippen molar-refractivity contribution in [2.45, 2.75) is 25.2 Å². The van der Waals surface area contributed by atoms with Crippen molar-refractivity contribution in [3.8, 4) is 5.75 Å². The molecule has 0 aliphatic heterocycles. The second-order valence-electron chi connectivity index (χ2n) is 6.43. The summed E-state index contributed by atoms with van der Waals surface area (Å²) in [5.41, 5.74) is 2.21. The molecule has 7 heteroatoms. The molecule has 6 nitrogen and oxygen atoms in total. The Kier molecular flexibility index (Phi) is 9.53. The zero-order valence-corrected chi connectivity index (χ0v) is 17.9. The first-order valence-corrected chi connectivity index (χ1v) is 10.6. The number of carbonyl (C=O) groups is 2. The van der Waals surface area contributed by atoms with Crippen molar-refractivity contribution in [2.24, 2.45) is 0 Å². The van der Waals surface area contributed by atoms with E-state index in [4.69, 9.17) is 9.47 Å². The third-order valence-corrected chi connectivity index (χ3v) is 5.04.